The van der Waals surface area contributed by atoms with Crippen LogP contribution in [0.15, 0.2) is 36.4 Å². The average molecular weight is 242 g/mol. The smallest absolute Gasteiger partial charge is 0.379 e. The summed E-state index contributed by atoms with van der Waals surface area (Å²) in [5, 5.41) is 2.03. The molecular formula is C15H14O3. The van der Waals surface area contributed by atoms with Gasteiger partial charge in [0.05, 0.1) is 6.61 Å². The van der Waals surface area contributed by atoms with Gasteiger partial charge >= 0.3 is 5.97 Å². The van der Waals surface area contributed by atoms with Crippen LogP contribution in [-0.4, -0.2) is 18.4 Å². The lowest BCUT2D eigenvalue weighted by Crippen LogP contribution is -2.18. The van der Waals surface area contributed by atoms with Crippen molar-refractivity contribution in [3.8, 4) is 0 Å². The quantitative estimate of drug-likeness (QED) is 0.472. The maximum atomic E-state index is 11.9. The SMILES string of the molecule is CCOC(=O)C(=O)c1ccc2ccccc2c1C. The molecule has 2 rings (SSSR count). The van der Waals surface area contributed by atoms with Crippen LogP contribution in [0.25, 0.3) is 10.8 Å². The van der Waals surface area contributed by atoms with Crippen molar-refractivity contribution in [2.24, 2.45) is 0 Å². The van der Waals surface area contributed by atoms with Gasteiger partial charge in [0.1, 0.15) is 0 Å². The van der Waals surface area contributed by atoms with Crippen molar-refractivity contribution in [3.05, 3.63) is 47.5 Å². The van der Waals surface area contributed by atoms with Crippen molar-refractivity contribution in [3.63, 3.8) is 0 Å². The Morgan fingerprint density at radius 2 is 1.83 bits per heavy atom. The monoisotopic (exact) mass is 242 g/mol. The number of Topliss-reactive ketones (excluding diaryl/α,β-unsaturated/α-hetero) is 1. The predicted octanol–water partition coefficient (Wildman–Crippen LogP) is 2.89. The van der Waals surface area contributed by atoms with Gasteiger partial charge < -0.3 is 4.74 Å². The van der Waals surface area contributed by atoms with Crippen molar-refractivity contribution in [2.75, 3.05) is 6.61 Å². The molecule has 0 spiro atoms. The summed E-state index contributed by atoms with van der Waals surface area (Å²) in [6.07, 6.45) is 0. The Labute approximate surface area is 105 Å². The zero-order valence-electron chi connectivity index (χ0n) is 10.4. The Kier molecular flexibility index (Phi) is 3.42. The summed E-state index contributed by atoms with van der Waals surface area (Å²) in [6, 6.07) is 11.3. The second-order valence-corrected chi connectivity index (χ2v) is 4.01. The van der Waals surface area contributed by atoms with Gasteiger partial charge in [0.2, 0.25) is 0 Å². The molecular weight excluding hydrogens is 228 g/mol. The molecule has 0 saturated carbocycles. The number of carbonyl (C=O) groups is 2. The number of aryl methyl sites for hydroxylation is 1. The zero-order chi connectivity index (χ0) is 13.1. The van der Waals surface area contributed by atoms with Gasteiger partial charge in [-0.3, -0.25) is 4.79 Å². The third kappa shape index (κ3) is 2.12. The summed E-state index contributed by atoms with van der Waals surface area (Å²) < 4.78 is 4.74. The maximum Gasteiger partial charge on any atom is 0.379 e. The predicted molar refractivity (Wildman–Crippen MR) is 69.6 cm³/mol. The van der Waals surface area contributed by atoms with E-state index in [1.54, 1.807) is 13.0 Å². The second-order valence-electron chi connectivity index (χ2n) is 4.01. The molecule has 0 amide bonds. The molecule has 0 heterocycles. The first kappa shape index (κ1) is 12.3. The van der Waals surface area contributed by atoms with E-state index in [1.807, 2.05) is 37.3 Å². The minimum Gasteiger partial charge on any atom is -0.460 e. The Morgan fingerprint density at radius 3 is 2.56 bits per heavy atom. The van der Waals surface area contributed by atoms with E-state index in [0.29, 0.717) is 5.56 Å². The van der Waals surface area contributed by atoms with Gasteiger partial charge in [-0.1, -0.05) is 30.3 Å². The third-order valence-electron chi connectivity index (χ3n) is 2.90. The molecule has 0 aromatic heterocycles. The molecule has 92 valence electrons. The van der Waals surface area contributed by atoms with Gasteiger partial charge in [-0.05, 0) is 36.2 Å². The van der Waals surface area contributed by atoms with E-state index in [-0.39, 0.29) is 6.61 Å². The Balaban J connectivity index is 2.49. The number of carbonyl (C=O) groups excluding carboxylic acids is 2. The first-order chi connectivity index (χ1) is 8.65. The van der Waals surface area contributed by atoms with Gasteiger partial charge in [-0.2, -0.15) is 0 Å². The molecule has 0 fully saturated rings. The van der Waals surface area contributed by atoms with Crippen LogP contribution < -0.4 is 0 Å². The highest BCUT2D eigenvalue weighted by Gasteiger charge is 2.20. The largest absolute Gasteiger partial charge is 0.460 e. The number of ether oxygens (including phenoxy) is 1. The Bertz CT molecular complexity index is 614. The first-order valence-corrected chi connectivity index (χ1v) is 5.85. The fourth-order valence-corrected chi connectivity index (χ4v) is 1.98. The van der Waals surface area contributed by atoms with Gasteiger partial charge in [0, 0.05) is 5.56 Å². The lowest BCUT2D eigenvalue weighted by Gasteiger charge is -2.07. The van der Waals surface area contributed by atoms with Crippen LogP contribution in [0.2, 0.25) is 0 Å². The molecule has 0 aliphatic carbocycles. The molecule has 0 aliphatic rings. The lowest BCUT2D eigenvalue weighted by molar-refractivity contribution is -0.137. The standard InChI is InChI=1S/C15H14O3/c1-3-18-15(17)14(16)13-9-8-11-6-4-5-7-12(11)10(13)2/h4-9H,3H2,1-2H3. The summed E-state index contributed by atoms with van der Waals surface area (Å²) in [5.74, 6) is -1.38. The van der Waals surface area contributed by atoms with E-state index in [1.165, 1.54) is 0 Å². The number of hydrogen-bond acceptors (Lipinski definition) is 3. The van der Waals surface area contributed by atoms with Crippen molar-refractivity contribution in [1.29, 1.82) is 0 Å². The number of ketones is 1. The van der Waals surface area contributed by atoms with Crippen LogP contribution in [0.3, 0.4) is 0 Å². The van der Waals surface area contributed by atoms with Crippen molar-refractivity contribution >= 4 is 22.5 Å². The number of hydrogen-bond donors (Lipinski definition) is 0. The van der Waals surface area contributed by atoms with Crippen molar-refractivity contribution in [2.45, 2.75) is 13.8 Å². The molecule has 18 heavy (non-hydrogen) atoms. The second kappa shape index (κ2) is 5.00. The molecule has 0 saturated heterocycles. The van der Waals surface area contributed by atoms with Gasteiger partial charge in [0.25, 0.3) is 5.78 Å². The first-order valence-electron chi connectivity index (χ1n) is 5.85. The van der Waals surface area contributed by atoms with E-state index < -0.39 is 11.8 Å². The highest BCUT2D eigenvalue weighted by Crippen LogP contribution is 2.22. The molecule has 0 N–H and O–H groups in total. The molecule has 2 aromatic carbocycles. The van der Waals surface area contributed by atoms with Crippen LogP contribution in [-0.2, 0) is 9.53 Å². The number of fused-ring (bicyclic) bond motifs is 1. The third-order valence-corrected chi connectivity index (χ3v) is 2.90. The molecule has 0 bridgehead atoms. The van der Waals surface area contributed by atoms with Crippen molar-refractivity contribution < 1.29 is 14.3 Å². The van der Waals surface area contributed by atoms with Crippen molar-refractivity contribution in [1.82, 2.24) is 0 Å². The van der Waals surface area contributed by atoms with Crippen LogP contribution >= 0.6 is 0 Å². The fourth-order valence-electron chi connectivity index (χ4n) is 1.98. The highest BCUT2D eigenvalue weighted by molar-refractivity contribution is 6.41. The summed E-state index contributed by atoms with van der Waals surface area (Å²) in [7, 11) is 0. The normalized spacial score (nSPS) is 10.3. The minimum absolute atomic E-state index is 0.206. The average Bonchev–Trinajstić information content (AvgIpc) is 2.39. The lowest BCUT2D eigenvalue weighted by atomic mass is 9.97. The van der Waals surface area contributed by atoms with E-state index in [0.717, 1.165) is 16.3 Å². The van der Waals surface area contributed by atoms with E-state index in [2.05, 4.69) is 0 Å². The molecule has 0 unspecified atom stereocenters. The van der Waals surface area contributed by atoms with Gasteiger partial charge in [0.15, 0.2) is 0 Å². The number of benzene rings is 2. The van der Waals surface area contributed by atoms with Crippen LogP contribution in [0, 0.1) is 6.92 Å². The minimum atomic E-state index is -0.795. The van der Waals surface area contributed by atoms with Gasteiger partial charge in [-0.25, -0.2) is 4.79 Å². The molecule has 3 heteroatoms. The summed E-state index contributed by atoms with van der Waals surface area (Å²) in [6.45, 7) is 3.73. The number of esters is 1. The van der Waals surface area contributed by atoms with Gasteiger partial charge in [-0.15, -0.1) is 0 Å². The molecule has 2 aromatic rings. The van der Waals surface area contributed by atoms with Crippen LogP contribution in [0.1, 0.15) is 22.8 Å². The Hall–Kier alpha value is -2.16. The van der Waals surface area contributed by atoms with E-state index in [9.17, 15) is 9.59 Å². The van der Waals surface area contributed by atoms with E-state index in [4.69, 9.17) is 4.74 Å². The number of rotatable bonds is 3. The maximum absolute atomic E-state index is 11.9. The summed E-state index contributed by atoms with van der Waals surface area (Å²) >= 11 is 0. The molecule has 0 atom stereocenters. The van der Waals surface area contributed by atoms with Crippen LogP contribution in [0.4, 0.5) is 0 Å². The Morgan fingerprint density at radius 1 is 1.11 bits per heavy atom. The zero-order valence-corrected chi connectivity index (χ0v) is 10.4. The summed E-state index contributed by atoms with van der Waals surface area (Å²) in [5.41, 5.74) is 1.22. The molecule has 0 radical (unpaired) electrons. The van der Waals surface area contributed by atoms with Crippen LogP contribution in [0.5, 0.6) is 0 Å². The van der Waals surface area contributed by atoms with E-state index >= 15 is 0 Å². The fraction of sp³-hybridized carbons (Fsp3) is 0.200. The highest BCUT2D eigenvalue weighted by atomic mass is 16.5. The molecule has 3 nitrogen and oxygen atoms in total. The molecule has 0 aliphatic heterocycles. The topological polar surface area (TPSA) is 43.4 Å². The summed E-state index contributed by atoms with van der Waals surface area (Å²) in [4.78, 5) is 23.4.